The van der Waals surface area contributed by atoms with Crippen LogP contribution in [0.5, 0.6) is 11.5 Å². The number of amides is 1. The van der Waals surface area contributed by atoms with Crippen LogP contribution in [0.4, 0.5) is 0 Å². The predicted molar refractivity (Wildman–Crippen MR) is 69.5 cm³/mol. The molecule has 2 aliphatic rings. The average molecular weight is 279 g/mol. The summed E-state index contributed by atoms with van der Waals surface area (Å²) < 4.78 is 11.2. The molecule has 0 atom stereocenters. The lowest BCUT2D eigenvalue weighted by atomic mass is 10.0. The third kappa shape index (κ3) is 2.32. The molecule has 2 saturated heterocycles. The Labute approximate surface area is 116 Å². The number of carbonyl (C=O) groups is 1. The molecular weight excluding hydrogens is 262 g/mol. The molecule has 6 heteroatoms. The maximum Gasteiger partial charge on any atom is 0.257 e. The summed E-state index contributed by atoms with van der Waals surface area (Å²) >= 11 is 0. The molecule has 1 spiro atoms. The fraction of sp³-hybridized carbons (Fsp3) is 0.500. The van der Waals surface area contributed by atoms with E-state index in [4.69, 9.17) is 9.47 Å². The zero-order chi connectivity index (χ0) is 14.2. The van der Waals surface area contributed by atoms with Crippen molar-refractivity contribution < 1.29 is 24.5 Å². The van der Waals surface area contributed by atoms with Gasteiger partial charge in [0.25, 0.3) is 5.91 Å². The number of carbonyl (C=O) groups excluding carboxylic acids is 1. The standard InChI is InChI=1S/C14H17NO5/c16-10-1-2-11(12(17)9-10)13(18)15-5-3-14(4-6-15)19-7-8-20-14/h1-2,9,16-17H,3-8H2. The minimum absolute atomic E-state index is 0.0654. The van der Waals surface area contributed by atoms with E-state index in [1.165, 1.54) is 18.2 Å². The smallest absolute Gasteiger partial charge is 0.257 e. The third-order valence-electron chi connectivity index (χ3n) is 3.84. The van der Waals surface area contributed by atoms with Crippen LogP contribution in [0.15, 0.2) is 18.2 Å². The summed E-state index contributed by atoms with van der Waals surface area (Å²) in [6.07, 6.45) is 1.27. The number of piperidine rings is 1. The monoisotopic (exact) mass is 279 g/mol. The molecule has 0 unspecified atom stereocenters. The van der Waals surface area contributed by atoms with Crippen LogP contribution in [0, 0.1) is 0 Å². The van der Waals surface area contributed by atoms with Crippen molar-refractivity contribution in [3.05, 3.63) is 23.8 Å². The summed E-state index contributed by atoms with van der Waals surface area (Å²) in [5.74, 6) is -1.03. The van der Waals surface area contributed by atoms with E-state index >= 15 is 0 Å². The summed E-state index contributed by atoms with van der Waals surface area (Å²) in [6, 6.07) is 3.99. The van der Waals surface area contributed by atoms with Gasteiger partial charge in [-0.1, -0.05) is 0 Å². The summed E-state index contributed by atoms with van der Waals surface area (Å²) in [7, 11) is 0. The number of phenolic OH excluding ortho intramolecular Hbond substituents is 2. The molecule has 0 saturated carbocycles. The normalized spacial score (nSPS) is 21.3. The van der Waals surface area contributed by atoms with Gasteiger partial charge in [-0.15, -0.1) is 0 Å². The van der Waals surface area contributed by atoms with Crippen molar-refractivity contribution >= 4 is 5.91 Å². The fourth-order valence-electron chi connectivity index (χ4n) is 2.71. The van der Waals surface area contributed by atoms with Crippen molar-refractivity contribution in [2.24, 2.45) is 0 Å². The van der Waals surface area contributed by atoms with Gasteiger partial charge in [0.2, 0.25) is 0 Å². The first-order chi connectivity index (χ1) is 9.60. The van der Waals surface area contributed by atoms with Crippen molar-refractivity contribution in [1.82, 2.24) is 4.90 Å². The maximum atomic E-state index is 12.3. The number of hydrogen-bond donors (Lipinski definition) is 2. The molecule has 0 radical (unpaired) electrons. The van der Waals surface area contributed by atoms with E-state index in [0.29, 0.717) is 39.1 Å². The second-order valence-corrected chi connectivity index (χ2v) is 5.10. The molecule has 6 nitrogen and oxygen atoms in total. The average Bonchev–Trinajstić information content (AvgIpc) is 2.87. The van der Waals surface area contributed by atoms with Gasteiger partial charge in [0, 0.05) is 32.0 Å². The highest BCUT2D eigenvalue weighted by molar-refractivity contribution is 5.97. The van der Waals surface area contributed by atoms with E-state index in [-0.39, 0.29) is 23.0 Å². The second kappa shape index (κ2) is 4.96. The fourth-order valence-corrected chi connectivity index (χ4v) is 2.71. The van der Waals surface area contributed by atoms with E-state index in [2.05, 4.69) is 0 Å². The molecule has 2 N–H and O–H groups in total. The SMILES string of the molecule is O=C(c1ccc(O)cc1O)N1CCC2(CC1)OCCO2. The lowest BCUT2D eigenvalue weighted by molar-refractivity contribution is -0.181. The Kier molecular flexibility index (Phi) is 3.27. The van der Waals surface area contributed by atoms with E-state index in [9.17, 15) is 15.0 Å². The highest BCUT2D eigenvalue weighted by atomic mass is 16.7. The molecule has 2 heterocycles. The number of aromatic hydroxyl groups is 2. The van der Waals surface area contributed by atoms with Gasteiger partial charge in [0.1, 0.15) is 11.5 Å². The Morgan fingerprint density at radius 3 is 2.40 bits per heavy atom. The van der Waals surface area contributed by atoms with Crippen molar-refractivity contribution in [2.45, 2.75) is 18.6 Å². The summed E-state index contributed by atoms with van der Waals surface area (Å²) in [4.78, 5) is 14.0. The molecule has 3 rings (SSSR count). The highest BCUT2D eigenvalue weighted by Gasteiger charge is 2.41. The van der Waals surface area contributed by atoms with Crippen LogP contribution in [0.2, 0.25) is 0 Å². The number of likely N-dealkylation sites (tertiary alicyclic amines) is 1. The summed E-state index contributed by atoms with van der Waals surface area (Å²) in [5.41, 5.74) is 0.201. The maximum absolute atomic E-state index is 12.3. The Hall–Kier alpha value is -1.79. The summed E-state index contributed by atoms with van der Waals surface area (Å²) in [6.45, 7) is 2.26. The van der Waals surface area contributed by atoms with E-state index in [1.54, 1.807) is 4.90 Å². The molecule has 0 aliphatic carbocycles. The van der Waals surface area contributed by atoms with Gasteiger partial charge >= 0.3 is 0 Å². The first-order valence-electron chi connectivity index (χ1n) is 6.69. The van der Waals surface area contributed by atoms with Crippen LogP contribution in [0.1, 0.15) is 23.2 Å². The highest BCUT2D eigenvalue weighted by Crippen LogP contribution is 2.32. The number of nitrogens with zero attached hydrogens (tertiary/aromatic N) is 1. The molecule has 1 aromatic rings. The Balaban J connectivity index is 1.69. The zero-order valence-corrected chi connectivity index (χ0v) is 11.0. The number of hydrogen-bond acceptors (Lipinski definition) is 5. The molecule has 0 aromatic heterocycles. The minimum Gasteiger partial charge on any atom is -0.508 e. The number of ether oxygens (including phenoxy) is 2. The number of rotatable bonds is 1. The van der Waals surface area contributed by atoms with Crippen LogP contribution in [-0.4, -0.2) is 53.1 Å². The Bertz CT molecular complexity index is 514. The molecule has 0 bridgehead atoms. The van der Waals surface area contributed by atoms with Crippen LogP contribution < -0.4 is 0 Å². The molecule has 1 aromatic carbocycles. The number of benzene rings is 1. The van der Waals surface area contributed by atoms with Crippen molar-refractivity contribution in [2.75, 3.05) is 26.3 Å². The van der Waals surface area contributed by atoms with Crippen LogP contribution >= 0.6 is 0 Å². The molecule has 108 valence electrons. The molecular formula is C14H17NO5. The minimum atomic E-state index is -0.520. The van der Waals surface area contributed by atoms with Crippen LogP contribution in [-0.2, 0) is 9.47 Å². The van der Waals surface area contributed by atoms with E-state index in [0.717, 1.165) is 0 Å². The first-order valence-corrected chi connectivity index (χ1v) is 6.69. The van der Waals surface area contributed by atoms with Crippen molar-refractivity contribution in [3.8, 4) is 11.5 Å². The van der Waals surface area contributed by atoms with Gasteiger partial charge in [0.15, 0.2) is 5.79 Å². The second-order valence-electron chi connectivity index (χ2n) is 5.10. The molecule has 1 amide bonds. The van der Waals surface area contributed by atoms with Crippen LogP contribution in [0.3, 0.4) is 0 Å². The van der Waals surface area contributed by atoms with Gasteiger partial charge in [0.05, 0.1) is 18.8 Å². The molecule has 2 aliphatic heterocycles. The van der Waals surface area contributed by atoms with Gasteiger partial charge in [-0.25, -0.2) is 0 Å². The topological polar surface area (TPSA) is 79.2 Å². The van der Waals surface area contributed by atoms with Crippen LogP contribution in [0.25, 0.3) is 0 Å². The Morgan fingerprint density at radius 2 is 1.80 bits per heavy atom. The largest absolute Gasteiger partial charge is 0.508 e. The van der Waals surface area contributed by atoms with Gasteiger partial charge in [-0.2, -0.15) is 0 Å². The van der Waals surface area contributed by atoms with E-state index < -0.39 is 5.79 Å². The van der Waals surface area contributed by atoms with Gasteiger partial charge in [-0.05, 0) is 12.1 Å². The molecule has 20 heavy (non-hydrogen) atoms. The lowest BCUT2D eigenvalue weighted by Crippen LogP contribution is -2.47. The lowest BCUT2D eigenvalue weighted by Gasteiger charge is -2.37. The third-order valence-corrected chi connectivity index (χ3v) is 3.84. The number of phenols is 2. The zero-order valence-electron chi connectivity index (χ0n) is 11.0. The quantitative estimate of drug-likeness (QED) is 0.804. The summed E-state index contributed by atoms with van der Waals surface area (Å²) in [5, 5.41) is 19.0. The van der Waals surface area contributed by atoms with Gasteiger partial charge in [-0.3, -0.25) is 4.79 Å². The van der Waals surface area contributed by atoms with E-state index in [1.807, 2.05) is 0 Å². The van der Waals surface area contributed by atoms with Crippen molar-refractivity contribution in [3.63, 3.8) is 0 Å². The molecule has 2 fully saturated rings. The first kappa shape index (κ1) is 13.2. The Morgan fingerprint density at radius 1 is 1.15 bits per heavy atom. The predicted octanol–water partition coefficient (Wildman–Crippen LogP) is 1.08. The van der Waals surface area contributed by atoms with Gasteiger partial charge < -0.3 is 24.6 Å². The van der Waals surface area contributed by atoms with Crippen molar-refractivity contribution in [1.29, 1.82) is 0 Å².